The van der Waals surface area contributed by atoms with Crippen molar-refractivity contribution in [1.29, 1.82) is 0 Å². The van der Waals surface area contributed by atoms with Crippen molar-refractivity contribution in [3.63, 3.8) is 0 Å². The highest BCUT2D eigenvalue weighted by molar-refractivity contribution is 7.09. The van der Waals surface area contributed by atoms with Crippen LogP contribution in [0.3, 0.4) is 0 Å². The number of hydrogen-bond donors (Lipinski definition) is 1. The third kappa shape index (κ3) is 2.34. The number of amides is 1. The van der Waals surface area contributed by atoms with Crippen molar-refractivity contribution >= 4 is 17.2 Å². The van der Waals surface area contributed by atoms with Crippen molar-refractivity contribution in [2.24, 2.45) is 0 Å². The third-order valence-corrected chi connectivity index (χ3v) is 4.60. The number of rotatable bonds is 3. The Labute approximate surface area is 121 Å². The Hall–Kier alpha value is -1.73. The normalized spacial score (nSPS) is 15.7. The van der Waals surface area contributed by atoms with E-state index in [9.17, 15) is 4.79 Å². The van der Waals surface area contributed by atoms with Gasteiger partial charge in [-0.3, -0.25) is 9.78 Å². The molecule has 2 aromatic heterocycles. The average molecular weight is 291 g/mol. The van der Waals surface area contributed by atoms with Crippen LogP contribution in [0.15, 0.2) is 17.9 Å². The summed E-state index contributed by atoms with van der Waals surface area (Å²) >= 11 is 1.56. The van der Waals surface area contributed by atoms with E-state index in [1.165, 1.54) is 0 Å². The summed E-state index contributed by atoms with van der Waals surface area (Å²) in [4.78, 5) is 23.8. The van der Waals surface area contributed by atoms with Crippen LogP contribution >= 0.6 is 11.3 Å². The van der Waals surface area contributed by atoms with E-state index >= 15 is 0 Å². The van der Waals surface area contributed by atoms with E-state index in [-0.39, 0.29) is 11.9 Å². The first-order chi connectivity index (χ1) is 9.66. The van der Waals surface area contributed by atoms with Gasteiger partial charge in [-0.15, -0.1) is 11.3 Å². The van der Waals surface area contributed by atoms with Crippen LogP contribution in [-0.2, 0) is 13.1 Å². The smallest absolute Gasteiger partial charge is 0.274 e. The van der Waals surface area contributed by atoms with Gasteiger partial charge < -0.3 is 14.8 Å². The molecule has 1 aliphatic rings. The van der Waals surface area contributed by atoms with Crippen molar-refractivity contribution in [3.8, 4) is 0 Å². The van der Waals surface area contributed by atoms with Gasteiger partial charge in [0.2, 0.25) is 0 Å². The quantitative estimate of drug-likeness (QED) is 0.925. The minimum absolute atomic E-state index is 0.00635. The summed E-state index contributed by atoms with van der Waals surface area (Å²) in [5.41, 5.74) is 2.30. The first-order valence-corrected chi connectivity index (χ1v) is 7.47. The van der Waals surface area contributed by atoms with Crippen molar-refractivity contribution in [2.75, 3.05) is 13.6 Å². The monoisotopic (exact) mass is 291 g/mol. The lowest BCUT2D eigenvalue weighted by Crippen LogP contribution is -2.29. The molecule has 0 fully saturated rings. The minimum Gasteiger partial charge on any atom is -0.333 e. The van der Waals surface area contributed by atoms with E-state index in [2.05, 4.69) is 19.9 Å². The van der Waals surface area contributed by atoms with Crippen molar-refractivity contribution < 1.29 is 4.79 Å². The van der Waals surface area contributed by atoms with E-state index in [4.69, 9.17) is 0 Å². The van der Waals surface area contributed by atoms with E-state index < -0.39 is 0 Å². The van der Waals surface area contributed by atoms with Crippen molar-refractivity contribution in [2.45, 2.75) is 26.1 Å². The molecule has 0 saturated heterocycles. The van der Waals surface area contributed by atoms with Gasteiger partial charge in [0.15, 0.2) is 0 Å². The van der Waals surface area contributed by atoms with E-state index in [1.54, 1.807) is 27.9 Å². The summed E-state index contributed by atoms with van der Waals surface area (Å²) in [6.07, 6.45) is 3.66. The Morgan fingerprint density at radius 1 is 1.60 bits per heavy atom. The number of aromatic nitrogens is 3. The molecule has 2 aromatic rings. The molecular weight excluding hydrogens is 274 g/mol. The van der Waals surface area contributed by atoms with Gasteiger partial charge in [-0.1, -0.05) is 0 Å². The maximum atomic E-state index is 12.5. The lowest BCUT2D eigenvalue weighted by atomic mass is 10.2. The molecule has 0 spiro atoms. The Balaban J connectivity index is 1.79. The molecule has 106 valence electrons. The zero-order chi connectivity index (χ0) is 14.1. The highest BCUT2D eigenvalue weighted by Crippen LogP contribution is 2.23. The number of imidazole rings is 1. The minimum atomic E-state index is -0.0483. The molecule has 6 nitrogen and oxygen atoms in total. The van der Waals surface area contributed by atoms with Crippen LogP contribution < -0.4 is 5.32 Å². The third-order valence-electron chi connectivity index (χ3n) is 3.66. The summed E-state index contributed by atoms with van der Waals surface area (Å²) in [7, 11) is 1.81. The topological polar surface area (TPSA) is 63.1 Å². The maximum absolute atomic E-state index is 12.5. The van der Waals surface area contributed by atoms with E-state index in [0.29, 0.717) is 5.69 Å². The number of hydrogen-bond acceptors (Lipinski definition) is 5. The highest BCUT2D eigenvalue weighted by atomic mass is 32.1. The van der Waals surface area contributed by atoms with Crippen molar-refractivity contribution in [1.82, 2.24) is 24.8 Å². The second kappa shape index (κ2) is 5.34. The van der Waals surface area contributed by atoms with Gasteiger partial charge in [0.1, 0.15) is 11.5 Å². The number of nitrogens with one attached hydrogen (secondary N) is 1. The zero-order valence-electron chi connectivity index (χ0n) is 11.5. The summed E-state index contributed by atoms with van der Waals surface area (Å²) < 4.78 is 2.05. The van der Waals surface area contributed by atoms with Gasteiger partial charge in [0.05, 0.1) is 18.1 Å². The molecule has 1 amide bonds. The molecule has 20 heavy (non-hydrogen) atoms. The summed E-state index contributed by atoms with van der Waals surface area (Å²) in [5, 5.41) is 3.25. The molecule has 0 unspecified atom stereocenters. The van der Waals surface area contributed by atoms with Crippen LogP contribution in [0.4, 0.5) is 0 Å². The second-order valence-electron chi connectivity index (χ2n) is 4.91. The molecular formula is C13H17N5OS. The molecule has 3 rings (SSSR count). The van der Waals surface area contributed by atoms with Gasteiger partial charge in [0, 0.05) is 37.4 Å². The lowest BCUT2D eigenvalue weighted by molar-refractivity contribution is 0.0739. The van der Waals surface area contributed by atoms with Crippen molar-refractivity contribution in [3.05, 3.63) is 34.3 Å². The number of nitrogens with zero attached hydrogens (tertiary/aromatic N) is 4. The molecule has 0 aromatic carbocycles. The predicted molar refractivity (Wildman–Crippen MR) is 76.6 cm³/mol. The van der Waals surface area contributed by atoms with Crippen LogP contribution in [0.1, 0.15) is 34.2 Å². The van der Waals surface area contributed by atoms with E-state index in [0.717, 1.165) is 30.3 Å². The first kappa shape index (κ1) is 13.3. The van der Waals surface area contributed by atoms with Gasteiger partial charge >= 0.3 is 0 Å². The number of thiazole rings is 1. The van der Waals surface area contributed by atoms with Gasteiger partial charge in [0.25, 0.3) is 5.91 Å². The highest BCUT2D eigenvalue weighted by Gasteiger charge is 2.23. The van der Waals surface area contributed by atoms with Gasteiger partial charge in [-0.05, 0) is 6.92 Å². The molecule has 7 heteroatoms. The number of fused-ring (bicyclic) bond motifs is 1. The molecule has 0 bridgehead atoms. The Kier molecular flexibility index (Phi) is 3.54. The molecule has 1 atom stereocenters. The lowest BCUT2D eigenvalue weighted by Gasteiger charge is -2.22. The Morgan fingerprint density at radius 2 is 2.45 bits per heavy atom. The van der Waals surface area contributed by atoms with Crippen LogP contribution in [0, 0.1) is 0 Å². The largest absolute Gasteiger partial charge is 0.333 e. The Morgan fingerprint density at radius 3 is 3.15 bits per heavy atom. The summed E-state index contributed by atoms with van der Waals surface area (Å²) in [6, 6.07) is 0.00635. The standard InChI is InChI=1S/C13H17N5OS/c1-9(11-5-15-8-20-11)17(2)13(19)10-7-18-4-3-14-6-12(18)16-10/h5,7-9,14H,3-4,6H2,1-2H3/t9-/m0/s1. The second-order valence-corrected chi connectivity index (χ2v) is 5.83. The Bertz CT molecular complexity index is 583. The van der Waals surface area contributed by atoms with Crippen LogP contribution in [-0.4, -0.2) is 38.9 Å². The van der Waals surface area contributed by atoms with E-state index in [1.807, 2.05) is 20.2 Å². The zero-order valence-corrected chi connectivity index (χ0v) is 12.4. The number of carbonyl (C=O) groups is 1. The fraction of sp³-hybridized carbons (Fsp3) is 0.462. The summed E-state index contributed by atoms with van der Waals surface area (Å²) in [6.45, 7) is 4.51. The van der Waals surface area contributed by atoms with Crippen LogP contribution in [0.25, 0.3) is 0 Å². The SMILES string of the molecule is C[C@@H](c1cncs1)N(C)C(=O)c1cn2c(n1)CNCC2. The molecule has 1 N–H and O–H groups in total. The fourth-order valence-electron chi connectivity index (χ4n) is 2.27. The predicted octanol–water partition coefficient (Wildman–Crippen LogP) is 1.28. The van der Waals surface area contributed by atoms with Gasteiger partial charge in [-0.2, -0.15) is 0 Å². The van der Waals surface area contributed by atoms with Gasteiger partial charge in [-0.25, -0.2) is 4.98 Å². The van der Waals surface area contributed by atoms with Crippen LogP contribution in [0.2, 0.25) is 0 Å². The average Bonchev–Trinajstić information content (AvgIpc) is 3.13. The molecule has 3 heterocycles. The molecule has 0 radical (unpaired) electrons. The number of carbonyl (C=O) groups excluding carboxylic acids is 1. The first-order valence-electron chi connectivity index (χ1n) is 6.59. The fourth-order valence-corrected chi connectivity index (χ4v) is 2.99. The molecule has 1 aliphatic heterocycles. The summed E-state index contributed by atoms with van der Waals surface area (Å²) in [5.74, 6) is 0.881. The molecule has 0 aliphatic carbocycles. The maximum Gasteiger partial charge on any atom is 0.274 e. The molecule has 0 saturated carbocycles. The van der Waals surface area contributed by atoms with Crippen LogP contribution in [0.5, 0.6) is 0 Å².